The van der Waals surface area contributed by atoms with Crippen LogP contribution in [0.3, 0.4) is 0 Å². The van der Waals surface area contributed by atoms with Gasteiger partial charge in [-0.25, -0.2) is 14.0 Å². The summed E-state index contributed by atoms with van der Waals surface area (Å²) in [6, 6.07) is 12.0. The molecule has 0 saturated heterocycles. The standard InChI is InChI=1S/C26H30N10O/c1-4-6-9-21-16-35(25-28-17-29-36(25)18(3)5-2)26(37)34(21)15-20-13-12-19(14-27-20)22-10-7-8-11-23(22)24-30-32-33-31-24/h7-8,10-14,16-18H,4-6,9,15H2,1-3H3,(H,30,31,32,33). The van der Waals surface area contributed by atoms with Gasteiger partial charge in [-0.05, 0) is 43.0 Å². The summed E-state index contributed by atoms with van der Waals surface area (Å²) < 4.78 is 5.21. The lowest BCUT2D eigenvalue weighted by molar-refractivity contribution is 0.466. The monoisotopic (exact) mass is 498 g/mol. The SMILES string of the molecule is CCCCc1cn(-c2ncnn2C(C)CC)c(=O)n1Cc1ccc(-c2ccccc2-c2nn[nH]n2)cn1. The smallest absolute Gasteiger partial charge is 0.290 e. The first-order valence-corrected chi connectivity index (χ1v) is 12.6. The minimum absolute atomic E-state index is 0.136. The molecule has 5 aromatic rings. The highest BCUT2D eigenvalue weighted by atomic mass is 16.2. The molecule has 0 aliphatic carbocycles. The molecule has 0 radical (unpaired) electrons. The van der Waals surface area contributed by atoms with Crippen molar-refractivity contribution in [2.24, 2.45) is 0 Å². The lowest BCUT2D eigenvalue weighted by atomic mass is 10.0. The molecule has 11 nitrogen and oxygen atoms in total. The third kappa shape index (κ3) is 4.84. The van der Waals surface area contributed by atoms with E-state index in [1.54, 1.807) is 9.13 Å². The molecule has 0 fully saturated rings. The Kier molecular flexibility index (Phi) is 7.02. The second kappa shape index (κ2) is 10.7. The van der Waals surface area contributed by atoms with E-state index in [-0.39, 0.29) is 11.7 Å². The molecule has 1 atom stereocenters. The number of nitrogens with one attached hydrogen (secondary N) is 1. The summed E-state index contributed by atoms with van der Waals surface area (Å²) in [5.41, 5.74) is 4.37. The number of aryl methyl sites for hydroxylation is 1. The average molecular weight is 499 g/mol. The molecule has 4 heterocycles. The normalized spacial score (nSPS) is 12.2. The number of unbranched alkanes of at least 4 members (excludes halogenated alkanes) is 1. The van der Waals surface area contributed by atoms with Gasteiger partial charge in [0.25, 0.3) is 0 Å². The molecule has 1 aromatic carbocycles. The van der Waals surface area contributed by atoms with E-state index in [9.17, 15) is 4.79 Å². The number of benzene rings is 1. The third-order valence-corrected chi connectivity index (χ3v) is 6.60. The van der Waals surface area contributed by atoms with Crippen molar-refractivity contribution in [3.05, 3.63) is 77.0 Å². The quantitative estimate of drug-likeness (QED) is 0.310. The van der Waals surface area contributed by atoms with Gasteiger partial charge in [-0.3, -0.25) is 9.55 Å². The number of pyridine rings is 1. The number of tetrazole rings is 1. The van der Waals surface area contributed by atoms with Crippen molar-refractivity contribution in [3.8, 4) is 28.5 Å². The summed E-state index contributed by atoms with van der Waals surface area (Å²) in [5, 5.41) is 18.8. The molecule has 0 aliphatic rings. The summed E-state index contributed by atoms with van der Waals surface area (Å²) in [7, 11) is 0. The lowest BCUT2D eigenvalue weighted by Gasteiger charge is -2.11. The van der Waals surface area contributed by atoms with E-state index in [0.29, 0.717) is 18.3 Å². The van der Waals surface area contributed by atoms with Crippen LogP contribution in [0.2, 0.25) is 0 Å². The predicted octanol–water partition coefficient (Wildman–Crippen LogP) is 3.83. The number of rotatable bonds is 10. The topological polar surface area (TPSA) is 125 Å². The minimum atomic E-state index is -0.142. The Morgan fingerprint density at radius 3 is 2.59 bits per heavy atom. The van der Waals surface area contributed by atoms with Crippen molar-refractivity contribution >= 4 is 0 Å². The van der Waals surface area contributed by atoms with Gasteiger partial charge in [0, 0.05) is 29.2 Å². The average Bonchev–Trinajstić information content (AvgIpc) is 3.69. The summed E-state index contributed by atoms with van der Waals surface area (Å²) in [4.78, 5) is 22.7. The first kappa shape index (κ1) is 24.3. The second-order valence-electron chi connectivity index (χ2n) is 9.04. The number of hydrogen-bond acceptors (Lipinski definition) is 7. The fourth-order valence-electron chi connectivity index (χ4n) is 4.34. The van der Waals surface area contributed by atoms with E-state index in [1.165, 1.54) is 6.33 Å². The van der Waals surface area contributed by atoms with Crippen LogP contribution in [0.4, 0.5) is 0 Å². The summed E-state index contributed by atoms with van der Waals surface area (Å²) in [6.45, 7) is 6.67. The molecular weight excluding hydrogens is 468 g/mol. The summed E-state index contributed by atoms with van der Waals surface area (Å²) >= 11 is 0. The van der Waals surface area contributed by atoms with E-state index in [4.69, 9.17) is 4.98 Å². The second-order valence-corrected chi connectivity index (χ2v) is 9.04. The van der Waals surface area contributed by atoms with E-state index < -0.39 is 0 Å². The van der Waals surface area contributed by atoms with Gasteiger partial charge < -0.3 is 0 Å². The van der Waals surface area contributed by atoms with Gasteiger partial charge in [-0.2, -0.15) is 15.3 Å². The highest BCUT2D eigenvalue weighted by molar-refractivity contribution is 5.79. The molecule has 37 heavy (non-hydrogen) atoms. The number of H-pyrrole nitrogens is 1. The molecule has 11 heteroatoms. The van der Waals surface area contributed by atoms with Crippen molar-refractivity contribution < 1.29 is 0 Å². The van der Waals surface area contributed by atoms with Gasteiger partial charge in [0.05, 0.1) is 18.3 Å². The highest BCUT2D eigenvalue weighted by Crippen LogP contribution is 2.29. The van der Waals surface area contributed by atoms with Crippen LogP contribution >= 0.6 is 0 Å². The van der Waals surface area contributed by atoms with E-state index in [0.717, 1.165) is 53.8 Å². The van der Waals surface area contributed by atoms with E-state index in [2.05, 4.69) is 51.5 Å². The molecule has 5 rings (SSSR count). The molecule has 0 spiro atoms. The van der Waals surface area contributed by atoms with Gasteiger partial charge in [0.15, 0.2) is 0 Å². The van der Waals surface area contributed by atoms with Crippen LogP contribution in [-0.4, -0.2) is 49.5 Å². The van der Waals surface area contributed by atoms with Crippen LogP contribution in [0.5, 0.6) is 0 Å². The van der Waals surface area contributed by atoms with Crippen LogP contribution in [0.25, 0.3) is 28.5 Å². The van der Waals surface area contributed by atoms with Gasteiger partial charge in [0.2, 0.25) is 11.8 Å². The Bertz CT molecular complexity index is 1510. The Morgan fingerprint density at radius 2 is 1.89 bits per heavy atom. The molecule has 0 amide bonds. The van der Waals surface area contributed by atoms with Crippen LogP contribution in [0.1, 0.15) is 57.5 Å². The maximum atomic E-state index is 13.6. The fourth-order valence-corrected chi connectivity index (χ4v) is 4.34. The molecule has 190 valence electrons. The summed E-state index contributed by atoms with van der Waals surface area (Å²) in [5.74, 6) is 1.07. The Balaban J connectivity index is 1.47. The van der Waals surface area contributed by atoms with Crippen LogP contribution in [0, 0.1) is 0 Å². The molecule has 0 bridgehead atoms. The third-order valence-electron chi connectivity index (χ3n) is 6.60. The summed E-state index contributed by atoms with van der Waals surface area (Å²) in [6.07, 6.45) is 8.94. The number of hydrogen-bond donors (Lipinski definition) is 1. The van der Waals surface area contributed by atoms with Gasteiger partial charge in [-0.15, -0.1) is 10.2 Å². The van der Waals surface area contributed by atoms with Crippen LogP contribution in [-0.2, 0) is 13.0 Å². The Morgan fingerprint density at radius 1 is 1.05 bits per heavy atom. The molecule has 4 aromatic heterocycles. The maximum Gasteiger partial charge on any atom is 0.335 e. The minimum Gasteiger partial charge on any atom is -0.290 e. The zero-order valence-electron chi connectivity index (χ0n) is 21.2. The van der Waals surface area contributed by atoms with Crippen LogP contribution < -0.4 is 5.69 Å². The Labute approximate surface area is 214 Å². The first-order valence-electron chi connectivity index (χ1n) is 12.6. The first-order chi connectivity index (χ1) is 18.1. The number of aromatic nitrogens is 10. The molecule has 1 N–H and O–H groups in total. The highest BCUT2D eigenvalue weighted by Gasteiger charge is 2.19. The van der Waals surface area contributed by atoms with Crippen molar-refractivity contribution in [3.63, 3.8) is 0 Å². The maximum absolute atomic E-state index is 13.6. The van der Waals surface area contributed by atoms with E-state index >= 15 is 0 Å². The van der Waals surface area contributed by atoms with E-state index in [1.807, 2.05) is 53.5 Å². The predicted molar refractivity (Wildman–Crippen MR) is 139 cm³/mol. The largest absolute Gasteiger partial charge is 0.335 e. The number of aromatic amines is 1. The molecular formula is C26H30N10O. The zero-order valence-corrected chi connectivity index (χ0v) is 21.2. The van der Waals surface area contributed by atoms with Crippen molar-refractivity contribution in [2.45, 2.75) is 59.0 Å². The van der Waals surface area contributed by atoms with Gasteiger partial charge in [0.1, 0.15) is 6.33 Å². The van der Waals surface area contributed by atoms with Crippen molar-refractivity contribution in [1.82, 2.24) is 49.5 Å². The van der Waals surface area contributed by atoms with Crippen LogP contribution in [0.15, 0.2) is 59.9 Å². The lowest BCUT2D eigenvalue weighted by Crippen LogP contribution is -2.27. The van der Waals surface area contributed by atoms with Gasteiger partial charge in [-0.1, -0.05) is 50.6 Å². The Hall–Kier alpha value is -4.41. The number of nitrogens with zero attached hydrogens (tertiary/aromatic N) is 9. The molecule has 0 aliphatic heterocycles. The number of imidazole rings is 1. The molecule has 0 saturated carbocycles. The molecule has 1 unspecified atom stereocenters. The fraction of sp³-hybridized carbons (Fsp3) is 0.346. The zero-order chi connectivity index (χ0) is 25.8. The van der Waals surface area contributed by atoms with Crippen molar-refractivity contribution in [2.75, 3.05) is 0 Å². The van der Waals surface area contributed by atoms with Gasteiger partial charge >= 0.3 is 5.69 Å². The van der Waals surface area contributed by atoms with Crippen molar-refractivity contribution in [1.29, 1.82) is 0 Å².